The monoisotopic (exact) mass is 327 g/mol. The first kappa shape index (κ1) is 21.9. The summed E-state index contributed by atoms with van der Waals surface area (Å²) in [6, 6.07) is 0. The van der Waals surface area contributed by atoms with Crippen LogP contribution in [0.4, 0.5) is 0 Å². The third kappa shape index (κ3) is 17.1. The molecule has 1 unspecified atom stereocenters. The highest BCUT2D eigenvalue weighted by atomic mass is 16.5. The fraction of sp³-hybridized carbons (Fsp3) is 0.895. The van der Waals surface area contributed by atoms with Crippen molar-refractivity contribution in [2.75, 3.05) is 0 Å². The largest absolute Gasteiger partial charge is 0.550 e. The third-order valence-corrected chi connectivity index (χ3v) is 4.28. The molecule has 23 heavy (non-hydrogen) atoms. The molecule has 136 valence electrons. The molecule has 0 bridgehead atoms. The van der Waals surface area contributed by atoms with Crippen molar-refractivity contribution >= 4 is 12.4 Å². The normalized spacial score (nSPS) is 12.0. The summed E-state index contributed by atoms with van der Waals surface area (Å²) >= 11 is 0. The van der Waals surface area contributed by atoms with Crippen molar-refractivity contribution in [2.24, 2.45) is 0 Å². The number of carboxylic acid groups (broad SMARTS) is 1. The van der Waals surface area contributed by atoms with E-state index < -0.39 is 5.97 Å². The molecule has 1 atom stereocenters. The number of carboxylic acids is 1. The number of aliphatic carboxylic acids is 1. The van der Waals surface area contributed by atoms with Crippen LogP contribution in [0.25, 0.3) is 0 Å². The minimum atomic E-state index is -0.959. The van der Waals surface area contributed by atoms with Gasteiger partial charge in [-0.05, 0) is 38.5 Å². The highest BCUT2D eigenvalue weighted by Gasteiger charge is 2.08. The maximum Gasteiger partial charge on any atom is 0.293 e. The molecule has 4 nitrogen and oxygen atoms in total. The second kappa shape index (κ2) is 17.3. The molecule has 4 heteroatoms. The van der Waals surface area contributed by atoms with E-state index in [9.17, 15) is 14.7 Å². The predicted octanol–water partition coefficient (Wildman–Crippen LogP) is 4.15. The summed E-state index contributed by atoms with van der Waals surface area (Å²) in [6.45, 7) is 2.80. The van der Waals surface area contributed by atoms with E-state index in [1.54, 1.807) is 0 Å². The van der Waals surface area contributed by atoms with Crippen LogP contribution in [0.5, 0.6) is 0 Å². The Morgan fingerprint density at radius 2 is 1.35 bits per heavy atom. The van der Waals surface area contributed by atoms with Crippen LogP contribution in [0.15, 0.2) is 0 Å². The molecule has 0 saturated carbocycles. The molecule has 0 spiro atoms. The summed E-state index contributed by atoms with van der Waals surface area (Å²) in [5, 5.41) is 10.3. The molecular weight excluding hydrogens is 292 g/mol. The van der Waals surface area contributed by atoms with E-state index in [4.69, 9.17) is 4.74 Å². The van der Waals surface area contributed by atoms with Crippen molar-refractivity contribution in [3.05, 3.63) is 0 Å². The molecule has 0 heterocycles. The lowest BCUT2D eigenvalue weighted by atomic mass is 10.0. The van der Waals surface area contributed by atoms with Crippen LogP contribution < -0.4 is 5.11 Å². The van der Waals surface area contributed by atoms with E-state index in [0.717, 1.165) is 44.9 Å². The van der Waals surface area contributed by atoms with Crippen molar-refractivity contribution in [2.45, 2.75) is 109 Å². The van der Waals surface area contributed by atoms with Gasteiger partial charge in [0.2, 0.25) is 0 Å². The van der Waals surface area contributed by atoms with Gasteiger partial charge in [-0.2, -0.15) is 0 Å². The Labute approximate surface area is 142 Å². The van der Waals surface area contributed by atoms with Crippen molar-refractivity contribution in [3.63, 3.8) is 0 Å². The van der Waals surface area contributed by atoms with Crippen molar-refractivity contribution in [1.29, 1.82) is 0 Å². The van der Waals surface area contributed by atoms with E-state index >= 15 is 0 Å². The first-order valence-corrected chi connectivity index (χ1v) is 9.49. The summed E-state index contributed by atoms with van der Waals surface area (Å²) in [6.07, 6.45) is 15.8. The van der Waals surface area contributed by atoms with Crippen LogP contribution >= 0.6 is 0 Å². The number of rotatable bonds is 18. The van der Waals surface area contributed by atoms with Crippen LogP contribution in [-0.4, -0.2) is 18.5 Å². The Balaban J connectivity index is 3.50. The Morgan fingerprint density at radius 1 is 0.870 bits per heavy atom. The first-order chi connectivity index (χ1) is 11.2. The summed E-state index contributed by atoms with van der Waals surface area (Å²) in [5.74, 6) is -0.959. The smallest absolute Gasteiger partial charge is 0.293 e. The highest BCUT2D eigenvalue weighted by molar-refractivity contribution is 5.63. The number of unbranched alkanes of at least 4 members (excludes halogenated alkanes) is 10. The van der Waals surface area contributed by atoms with Gasteiger partial charge >= 0.3 is 0 Å². The van der Waals surface area contributed by atoms with Gasteiger partial charge in [0.15, 0.2) is 0 Å². The quantitative estimate of drug-likeness (QED) is 0.280. The van der Waals surface area contributed by atoms with Gasteiger partial charge in [-0.15, -0.1) is 0 Å². The fourth-order valence-electron chi connectivity index (χ4n) is 2.86. The molecule has 0 amide bonds. The molecule has 0 aromatic carbocycles. The SMILES string of the molecule is CCCCCCCCCC(CCCCCCCC(=O)[O-])OC=O. The molecule has 0 saturated heterocycles. The highest BCUT2D eigenvalue weighted by Crippen LogP contribution is 2.16. The van der Waals surface area contributed by atoms with Crippen molar-refractivity contribution in [3.8, 4) is 0 Å². The van der Waals surface area contributed by atoms with E-state index in [0.29, 0.717) is 12.9 Å². The van der Waals surface area contributed by atoms with Gasteiger partial charge in [-0.25, -0.2) is 0 Å². The predicted molar refractivity (Wildman–Crippen MR) is 90.9 cm³/mol. The third-order valence-electron chi connectivity index (χ3n) is 4.28. The molecule has 0 aliphatic heterocycles. The lowest BCUT2D eigenvalue weighted by Gasteiger charge is -2.15. The van der Waals surface area contributed by atoms with Crippen LogP contribution in [0.2, 0.25) is 0 Å². The minimum Gasteiger partial charge on any atom is -0.550 e. The maximum absolute atomic E-state index is 10.6. The molecule has 0 N–H and O–H groups in total. The van der Waals surface area contributed by atoms with Gasteiger partial charge < -0.3 is 14.6 Å². The zero-order valence-corrected chi connectivity index (χ0v) is 14.9. The Bertz CT molecular complexity index is 279. The van der Waals surface area contributed by atoms with E-state index in [1.165, 1.54) is 38.5 Å². The Hall–Kier alpha value is -1.06. The van der Waals surface area contributed by atoms with E-state index in [1.807, 2.05) is 0 Å². The number of hydrogen-bond acceptors (Lipinski definition) is 4. The molecule has 0 aliphatic rings. The lowest BCUT2D eigenvalue weighted by Crippen LogP contribution is -2.21. The van der Waals surface area contributed by atoms with Crippen molar-refractivity contribution < 1.29 is 19.4 Å². The van der Waals surface area contributed by atoms with Gasteiger partial charge in [0, 0.05) is 5.97 Å². The summed E-state index contributed by atoms with van der Waals surface area (Å²) < 4.78 is 5.18. The second-order valence-corrected chi connectivity index (χ2v) is 6.44. The van der Waals surface area contributed by atoms with E-state index in [2.05, 4.69) is 6.92 Å². The van der Waals surface area contributed by atoms with Gasteiger partial charge in [0.25, 0.3) is 6.47 Å². The molecule has 0 fully saturated rings. The molecule has 0 aliphatic carbocycles. The zero-order valence-electron chi connectivity index (χ0n) is 14.9. The molecule has 0 aromatic rings. The van der Waals surface area contributed by atoms with Crippen LogP contribution in [0.1, 0.15) is 103 Å². The van der Waals surface area contributed by atoms with Gasteiger partial charge in [0.05, 0.1) is 0 Å². The van der Waals surface area contributed by atoms with Crippen LogP contribution in [0, 0.1) is 0 Å². The molecule has 0 rings (SSSR count). The van der Waals surface area contributed by atoms with Gasteiger partial charge in [-0.1, -0.05) is 64.7 Å². The lowest BCUT2D eigenvalue weighted by molar-refractivity contribution is -0.305. The average molecular weight is 327 g/mol. The maximum atomic E-state index is 10.6. The standard InChI is InChI=1S/C19H36O4/c1-2-3-4-5-6-8-11-14-18(23-17-20)15-12-9-7-10-13-16-19(21)22/h17-18H,2-16H2,1H3,(H,21,22)/p-1. The molecule has 0 aromatic heterocycles. The summed E-state index contributed by atoms with van der Waals surface area (Å²) in [4.78, 5) is 20.9. The Kier molecular flexibility index (Phi) is 16.5. The number of carbonyl (C=O) groups excluding carboxylic acids is 2. The average Bonchev–Trinajstić information content (AvgIpc) is 2.52. The molecule has 0 radical (unpaired) electrons. The van der Waals surface area contributed by atoms with Gasteiger partial charge in [0.1, 0.15) is 6.10 Å². The van der Waals surface area contributed by atoms with Crippen molar-refractivity contribution in [1.82, 2.24) is 0 Å². The fourth-order valence-corrected chi connectivity index (χ4v) is 2.86. The van der Waals surface area contributed by atoms with Crippen LogP contribution in [0.3, 0.4) is 0 Å². The second-order valence-electron chi connectivity index (χ2n) is 6.44. The first-order valence-electron chi connectivity index (χ1n) is 9.49. The topological polar surface area (TPSA) is 66.4 Å². The summed E-state index contributed by atoms with van der Waals surface area (Å²) in [5.41, 5.74) is 0. The number of carbonyl (C=O) groups is 2. The molecular formula is C19H35O4-. The summed E-state index contributed by atoms with van der Waals surface area (Å²) in [7, 11) is 0. The zero-order chi connectivity index (χ0) is 17.2. The number of ether oxygens (including phenoxy) is 1. The van der Waals surface area contributed by atoms with Gasteiger partial charge in [-0.3, -0.25) is 4.79 Å². The Morgan fingerprint density at radius 3 is 1.83 bits per heavy atom. The van der Waals surface area contributed by atoms with E-state index in [-0.39, 0.29) is 12.5 Å². The number of hydrogen-bond donors (Lipinski definition) is 0. The van der Waals surface area contributed by atoms with Crippen LogP contribution in [-0.2, 0) is 14.3 Å². The minimum absolute atomic E-state index is 0.0614.